The number of hydrogen-bond acceptors (Lipinski definition) is 3. The third-order valence-corrected chi connectivity index (χ3v) is 1.50. The lowest BCUT2D eigenvalue weighted by Gasteiger charge is -2.22. The molecule has 1 rings (SSSR count). The van der Waals surface area contributed by atoms with Crippen molar-refractivity contribution in [3.05, 3.63) is 0 Å². The van der Waals surface area contributed by atoms with Gasteiger partial charge in [0.05, 0.1) is 19.8 Å². The fourth-order valence-electron chi connectivity index (χ4n) is 0.957. The average Bonchev–Trinajstić information content (AvgIpc) is 2.07. The summed E-state index contributed by atoms with van der Waals surface area (Å²) in [4.78, 5) is 0. The lowest BCUT2D eigenvalue weighted by molar-refractivity contribution is -0.202. The third-order valence-electron chi connectivity index (χ3n) is 1.50. The molecule has 11 heavy (non-hydrogen) atoms. The van der Waals surface area contributed by atoms with Crippen LogP contribution in [0.25, 0.3) is 0 Å². The van der Waals surface area contributed by atoms with E-state index >= 15 is 0 Å². The molecule has 1 aliphatic rings. The predicted molar refractivity (Wildman–Crippen MR) is 41.4 cm³/mol. The topological polar surface area (TPSA) is 27.7 Å². The second-order valence-electron chi connectivity index (χ2n) is 2.60. The van der Waals surface area contributed by atoms with Gasteiger partial charge in [0.25, 0.3) is 0 Å². The van der Waals surface area contributed by atoms with Gasteiger partial charge in [0.15, 0.2) is 6.29 Å². The molecule has 3 heteroatoms. The first kappa shape index (κ1) is 8.97. The molecule has 0 spiro atoms. The number of ether oxygens (including phenoxy) is 3. The van der Waals surface area contributed by atoms with Gasteiger partial charge in [-0.1, -0.05) is 6.92 Å². The van der Waals surface area contributed by atoms with Crippen molar-refractivity contribution in [1.82, 2.24) is 0 Å². The highest BCUT2D eigenvalue weighted by molar-refractivity contribution is 4.49. The first-order chi connectivity index (χ1) is 5.43. The van der Waals surface area contributed by atoms with Crippen LogP contribution in [-0.4, -0.2) is 32.7 Å². The minimum atomic E-state index is -0.115. The monoisotopic (exact) mass is 160 g/mol. The Morgan fingerprint density at radius 3 is 2.73 bits per heavy atom. The van der Waals surface area contributed by atoms with Crippen molar-refractivity contribution < 1.29 is 14.2 Å². The Kier molecular flexibility index (Phi) is 4.50. The smallest absolute Gasteiger partial charge is 0.180 e. The molecule has 0 aromatic carbocycles. The highest BCUT2D eigenvalue weighted by Gasteiger charge is 2.13. The fraction of sp³-hybridized carbons (Fsp3) is 1.00. The molecule has 0 saturated carbocycles. The molecule has 0 atom stereocenters. The van der Waals surface area contributed by atoms with Crippen LogP contribution in [0.4, 0.5) is 0 Å². The van der Waals surface area contributed by atoms with Gasteiger partial charge in [0.1, 0.15) is 0 Å². The number of rotatable bonds is 4. The molecule has 3 nitrogen and oxygen atoms in total. The second kappa shape index (κ2) is 5.52. The standard InChI is InChI=1S/C8H16O3/c1-2-4-9-7-8-10-5-3-6-11-8/h8H,2-7H2,1H3. The number of hydrogen-bond donors (Lipinski definition) is 0. The van der Waals surface area contributed by atoms with Crippen molar-refractivity contribution in [2.45, 2.75) is 26.1 Å². The minimum absolute atomic E-state index is 0.115. The molecule has 0 amide bonds. The van der Waals surface area contributed by atoms with Crippen LogP contribution in [0, 0.1) is 0 Å². The van der Waals surface area contributed by atoms with E-state index in [0.29, 0.717) is 6.61 Å². The first-order valence-corrected chi connectivity index (χ1v) is 4.24. The zero-order valence-corrected chi connectivity index (χ0v) is 7.04. The molecule has 1 fully saturated rings. The van der Waals surface area contributed by atoms with Gasteiger partial charge in [-0.25, -0.2) is 0 Å². The molecule has 0 unspecified atom stereocenters. The summed E-state index contributed by atoms with van der Waals surface area (Å²) in [6.07, 6.45) is 1.94. The summed E-state index contributed by atoms with van der Waals surface area (Å²) in [6, 6.07) is 0. The molecule has 0 N–H and O–H groups in total. The van der Waals surface area contributed by atoms with Gasteiger partial charge in [-0.15, -0.1) is 0 Å². The van der Waals surface area contributed by atoms with E-state index in [4.69, 9.17) is 14.2 Å². The van der Waals surface area contributed by atoms with Gasteiger partial charge < -0.3 is 14.2 Å². The van der Waals surface area contributed by atoms with Crippen LogP contribution in [0.15, 0.2) is 0 Å². The van der Waals surface area contributed by atoms with Crippen LogP contribution >= 0.6 is 0 Å². The summed E-state index contributed by atoms with van der Waals surface area (Å²) >= 11 is 0. The zero-order valence-electron chi connectivity index (χ0n) is 7.04. The lowest BCUT2D eigenvalue weighted by Crippen LogP contribution is -2.29. The summed E-state index contributed by atoms with van der Waals surface area (Å²) in [5, 5.41) is 0. The van der Waals surface area contributed by atoms with E-state index in [1.165, 1.54) is 0 Å². The molecular weight excluding hydrogens is 144 g/mol. The van der Waals surface area contributed by atoms with Gasteiger partial charge in [-0.3, -0.25) is 0 Å². The Morgan fingerprint density at radius 2 is 2.09 bits per heavy atom. The minimum Gasteiger partial charge on any atom is -0.376 e. The predicted octanol–water partition coefficient (Wildman–Crippen LogP) is 1.18. The van der Waals surface area contributed by atoms with E-state index in [1.807, 2.05) is 0 Å². The molecule has 66 valence electrons. The zero-order chi connectivity index (χ0) is 7.94. The maximum atomic E-state index is 5.28. The highest BCUT2D eigenvalue weighted by Crippen LogP contribution is 2.04. The molecule has 0 aromatic heterocycles. The average molecular weight is 160 g/mol. The normalized spacial score (nSPS) is 20.5. The highest BCUT2D eigenvalue weighted by atomic mass is 16.7. The van der Waals surface area contributed by atoms with Crippen LogP contribution in [0.3, 0.4) is 0 Å². The van der Waals surface area contributed by atoms with Crippen molar-refractivity contribution in [2.24, 2.45) is 0 Å². The second-order valence-corrected chi connectivity index (χ2v) is 2.60. The summed E-state index contributed by atoms with van der Waals surface area (Å²) in [7, 11) is 0. The SMILES string of the molecule is CCCOCC1OCCCO1. The largest absolute Gasteiger partial charge is 0.376 e. The van der Waals surface area contributed by atoms with Crippen molar-refractivity contribution in [1.29, 1.82) is 0 Å². The van der Waals surface area contributed by atoms with E-state index < -0.39 is 0 Å². The van der Waals surface area contributed by atoms with Crippen LogP contribution < -0.4 is 0 Å². The van der Waals surface area contributed by atoms with Crippen LogP contribution in [0.2, 0.25) is 0 Å². The Labute approximate surface area is 67.6 Å². The molecule has 1 saturated heterocycles. The van der Waals surface area contributed by atoms with Crippen molar-refractivity contribution in [3.8, 4) is 0 Å². The van der Waals surface area contributed by atoms with Crippen LogP contribution in [0.1, 0.15) is 19.8 Å². The fourth-order valence-corrected chi connectivity index (χ4v) is 0.957. The van der Waals surface area contributed by atoms with Gasteiger partial charge >= 0.3 is 0 Å². The van der Waals surface area contributed by atoms with Gasteiger partial charge in [-0.2, -0.15) is 0 Å². The Hall–Kier alpha value is -0.120. The maximum Gasteiger partial charge on any atom is 0.180 e. The molecule has 1 heterocycles. The third kappa shape index (κ3) is 3.70. The van der Waals surface area contributed by atoms with E-state index in [0.717, 1.165) is 32.7 Å². The maximum absolute atomic E-state index is 5.28. The van der Waals surface area contributed by atoms with Crippen LogP contribution in [-0.2, 0) is 14.2 Å². The van der Waals surface area contributed by atoms with E-state index in [2.05, 4.69) is 6.92 Å². The first-order valence-electron chi connectivity index (χ1n) is 4.24. The molecular formula is C8H16O3. The molecule has 0 bridgehead atoms. The Morgan fingerprint density at radius 1 is 1.36 bits per heavy atom. The summed E-state index contributed by atoms with van der Waals surface area (Å²) in [6.45, 7) is 5.07. The van der Waals surface area contributed by atoms with E-state index in [1.54, 1.807) is 0 Å². The van der Waals surface area contributed by atoms with Crippen molar-refractivity contribution in [3.63, 3.8) is 0 Å². The quantitative estimate of drug-likeness (QED) is 0.578. The van der Waals surface area contributed by atoms with Gasteiger partial charge in [0.2, 0.25) is 0 Å². The van der Waals surface area contributed by atoms with Gasteiger partial charge in [0, 0.05) is 6.61 Å². The molecule has 0 aliphatic carbocycles. The molecule has 0 aromatic rings. The van der Waals surface area contributed by atoms with Crippen molar-refractivity contribution in [2.75, 3.05) is 26.4 Å². The Bertz CT molecular complexity index is 89.3. The lowest BCUT2D eigenvalue weighted by atomic mass is 10.4. The molecule has 0 radical (unpaired) electrons. The summed E-state index contributed by atoms with van der Waals surface area (Å²) in [5.74, 6) is 0. The van der Waals surface area contributed by atoms with Crippen molar-refractivity contribution >= 4 is 0 Å². The van der Waals surface area contributed by atoms with Gasteiger partial charge in [-0.05, 0) is 12.8 Å². The van der Waals surface area contributed by atoms with E-state index in [9.17, 15) is 0 Å². The molecule has 1 aliphatic heterocycles. The summed E-state index contributed by atoms with van der Waals surface area (Å²) in [5.41, 5.74) is 0. The summed E-state index contributed by atoms with van der Waals surface area (Å²) < 4.78 is 15.8. The van der Waals surface area contributed by atoms with E-state index in [-0.39, 0.29) is 6.29 Å². The Balaban J connectivity index is 1.96. The van der Waals surface area contributed by atoms with Crippen LogP contribution in [0.5, 0.6) is 0 Å².